The molecule has 2 amide bonds. The average Bonchev–Trinajstić information content (AvgIpc) is 2.90. The first-order chi connectivity index (χ1) is 10.0. The SMILES string of the molecule is CCC(CC)(C(=O)N1CCCC2C(=O)NCC21)C(N)=NO. The average molecular weight is 296 g/mol. The second-order valence-electron chi connectivity index (χ2n) is 5.83. The topological polar surface area (TPSA) is 108 Å². The van der Waals surface area contributed by atoms with Crippen molar-refractivity contribution < 1.29 is 14.8 Å². The lowest BCUT2D eigenvalue weighted by atomic mass is 9.78. The number of likely N-dealkylation sites (tertiary alicyclic amines) is 1. The molecule has 2 saturated heterocycles. The van der Waals surface area contributed by atoms with Crippen molar-refractivity contribution in [2.45, 2.75) is 45.6 Å². The van der Waals surface area contributed by atoms with Gasteiger partial charge >= 0.3 is 0 Å². The zero-order chi connectivity index (χ0) is 15.6. The van der Waals surface area contributed by atoms with Crippen LogP contribution in [0.3, 0.4) is 0 Å². The summed E-state index contributed by atoms with van der Waals surface area (Å²) in [5, 5.41) is 15.0. The van der Waals surface area contributed by atoms with E-state index < -0.39 is 5.41 Å². The third-order valence-corrected chi connectivity index (χ3v) is 5.08. The molecule has 2 heterocycles. The Balaban J connectivity index is 2.30. The number of oxime groups is 1. The molecular weight excluding hydrogens is 272 g/mol. The lowest BCUT2D eigenvalue weighted by molar-refractivity contribution is -0.144. The summed E-state index contributed by atoms with van der Waals surface area (Å²) in [6, 6.07) is -0.109. The van der Waals surface area contributed by atoms with Gasteiger partial charge in [0, 0.05) is 13.1 Å². The first kappa shape index (κ1) is 15.6. The first-order valence-electron chi connectivity index (χ1n) is 7.58. The van der Waals surface area contributed by atoms with Crippen molar-refractivity contribution in [3.05, 3.63) is 0 Å². The van der Waals surface area contributed by atoms with Crippen LogP contribution in [0.4, 0.5) is 0 Å². The fourth-order valence-electron chi connectivity index (χ4n) is 3.60. The quantitative estimate of drug-likeness (QED) is 0.299. The van der Waals surface area contributed by atoms with E-state index in [1.54, 1.807) is 4.90 Å². The van der Waals surface area contributed by atoms with Gasteiger partial charge in [-0.1, -0.05) is 19.0 Å². The Morgan fingerprint density at radius 2 is 2.19 bits per heavy atom. The minimum atomic E-state index is -0.984. The van der Waals surface area contributed by atoms with Crippen LogP contribution in [0, 0.1) is 11.3 Å². The molecule has 0 aromatic rings. The number of fused-ring (bicyclic) bond motifs is 1. The molecule has 0 aromatic carbocycles. The summed E-state index contributed by atoms with van der Waals surface area (Å²) < 4.78 is 0. The Kier molecular flexibility index (Phi) is 4.39. The van der Waals surface area contributed by atoms with Crippen molar-refractivity contribution in [1.82, 2.24) is 10.2 Å². The van der Waals surface area contributed by atoms with Gasteiger partial charge in [-0.15, -0.1) is 0 Å². The van der Waals surface area contributed by atoms with Gasteiger partial charge in [-0.25, -0.2) is 0 Å². The van der Waals surface area contributed by atoms with Gasteiger partial charge in [0.1, 0.15) is 5.41 Å². The number of nitrogens with two attached hydrogens (primary N) is 1. The molecule has 2 rings (SSSR count). The Morgan fingerprint density at radius 1 is 1.52 bits per heavy atom. The zero-order valence-corrected chi connectivity index (χ0v) is 12.6. The second kappa shape index (κ2) is 5.91. The van der Waals surface area contributed by atoms with Crippen molar-refractivity contribution >= 4 is 17.6 Å². The molecule has 0 aromatic heterocycles. The fraction of sp³-hybridized carbons (Fsp3) is 0.786. The number of amides is 2. The van der Waals surface area contributed by atoms with Gasteiger partial charge in [0.2, 0.25) is 11.8 Å². The smallest absolute Gasteiger partial charge is 0.236 e. The number of rotatable bonds is 4. The lowest BCUT2D eigenvalue weighted by Gasteiger charge is -2.41. The van der Waals surface area contributed by atoms with Gasteiger partial charge in [0.25, 0.3) is 0 Å². The van der Waals surface area contributed by atoms with E-state index in [4.69, 9.17) is 10.9 Å². The maximum Gasteiger partial charge on any atom is 0.236 e. The van der Waals surface area contributed by atoms with Gasteiger partial charge in [0.15, 0.2) is 5.84 Å². The van der Waals surface area contributed by atoms with E-state index in [-0.39, 0.29) is 29.6 Å². The summed E-state index contributed by atoms with van der Waals surface area (Å²) in [5.74, 6) is -0.271. The van der Waals surface area contributed by atoms with Crippen LogP contribution < -0.4 is 11.1 Å². The van der Waals surface area contributed by atoms with E-state index in [0.29, 0.717) is 25.9 Å². The van der Waals surface area contributed by atoms with Crippen molar-refractivity contribution in [3.8, 4) is 0 Å². The van der Waals surface area contributed by atoms with Gasteiger partial charge < -0.3 is 21.2 Å². The van der Waals surface area contributed by atoms with E-state index in [1.165, 1.54) is 0 Å². The highest BCUT2D eigenvalue weighted by Crippen LogP contribution is 2.35. The summed E-state index contributed by atoms with van der Waals surface area (Å²) in [4.78, 5) is 26.6. The molecule has 7 heteroatoms. The van der Waals surface area contributed by atoms with Gasteiger partial charge in [-0.2, -0.15) is 0 Å². The van der Waals surface area contributed by atoms with Crippen LogP contribution in [0.2, 0.25) is 0 Å². The van der Waals surface area contributed by atoms with E-state index in [1.807, 2.05) is 13.8 Å². The van der Waals surface area contributed by atoms with Crippen molar-refractivity contribution in [1.29, 1.82) is 0 Å². The predicted octanol–water partition coefficient (Wildman–Crippen LogP) is 0.276. The highest BCUT2D eigenvalue weighted by atomic mass is 16.4. The number of hydrogen-bond acceptors (Lipinski definition) is 4. The highest BCUT2D eigenvalue weighted by molar-refractivity contribution is 6.07. The Labute approximate surface area is 124 Å². The first-order valence-corrected chi connectivity index (χ1v) is 7.58. The molecule has 0 bridgehead atoms. The number of piperidine rings is 1. The van der Waals surface area contributed by atoms with Crippen molar-refractivity contribution in [2.75, 3.05) is 13.1 Å². The Bertz CT molecular complexity index is 459. The molecule has 2 atom stereocenters. The minimum Gasteiger partial charge on any atom is -0.409 e. The maximum atomic E-state index is 13.0. The number of nitrogens with zero attached hydrogens (tertiary/aromatic N) is 2. The molecule has 0 aliphatic carbocycles. The zero-order valence-electron chi connectivity index (χ0n) is 12.6. The maximum absolute atomic E-state index is 13.0. The largest absolute Gasteiger partial charge is 0.409 e. The highest BCUT2D eigenvalue weighted by Gasteiger charge is 2.49. The van der Waals surface area contributed by atoms with Crippen LogP contribution in [-0.2, 0) is 9.59 Å². The van der Waals surface area contributed by atoms with E-state index in [9.17, 15) is 9.59 Å². The summed E-state index contributed by atoms with van der Waals surface area (Å²) in [6.45, 7) is 4.84. The molecule has 2 unspecified atom stereocenters. The number of hydrogen-bond donors (Lipinski definition) is 3. The van der Waals surface area contributed by atoms with E-state index in [0.717, 1.165) is 12.8 Å². The second-order valence-corrected chi connectivity index (χ2v) is 5.83. The number of carbonyl (C=O) groups is 2. The molecule has 0 radical (unpaired) electrons. The minimum absolute atomic E-state index is 0.0277. The Hall–Kier alpha value is -1.79. The van der Waals surface area contributed by atoms with Crippen LogP contribution in [-0.4, -0.2) is 46.9 Å². The molecule has 0 saturated carbocycles. The predicted molar refractivity (Wildman–Crippen MR) is 77.7 cm³/mol. The standard InChI is InChI=1S/C14H24N4O3/c1-3-14(4-2,12(15)17-21)13(20)18-7-5-6-9-10(18)8-16-11(9)19/h9-10,21H,3-8H2,1-2H3,(H2,15,17)(H,16,19). The Morgan fingerprint density at radius 3 is 2.76 bits per heavy atom. The molecule has 7 nitrogen and oxygen atoms in total. The molecule has 21 heavy (non-hydrogen) atoms. The normalized spacial score (nSPS) is 26.5. The third kappa shape index (κ3) is 2.34. The molecule has 2 aliphatic heterocycles. The van der Waals surface area contributed by atoms with Crippen LogP contribution >= 0.6 is 0 Å². The van der Waals surface area contributed by atoms with Gasteiger partial charge in [-0.05, 0) is 25.7 Å². The van der Waals surface area contributed by atoms with Gasteiger partial charge in [0.05, 0.1) is 12.0 Å². The number of amidine groups is 1. The molecule has 4 N–H and O–H groups in total. The summed E-state index contributed by atoms with van der Waals surface area (Å²) in [7, 11) is 0. The molecule has 0 spiro atoms. The molecule has 2 aliphatic rings. The van der Waals surface area contributed by atoms with Crippen molar-refractivity contribution in [2.24, 2.45) is 22.2 Å². The molecular formula is C14H24N4O3. The lowest BCUT2D eigenvalue weighted by Crippen LogP contribution is -2.57. The van der Waals surface area contributed by atoms with Crippen LogP contribution in [0.15, 0.2) is 5.16 Å². The molecule has 118 valence electrons. The van der Waals surface area contributed by atoms with Gasteiger partial charge in [-0.3, -0.25) is 9.59 Å². The monoisotopic (exact) mass is 296 g/mol. The van der Waals surface area contributed by atoms with Crippen LogP contribution in [0.25, 0.3) is 0 Å². The van der Waals surface area contributed by atoms with Crippen LogP contribution in [0.5, 0.6) is 0 Å². The summed E-state index contributed by atoms with van der Waals surface area (Å²) in [5.41, 5.74) is 4.83. The summed E-state index contributed by atoms with van der Waals surface area (Å²) >= 11 is 0. The van der Waals surface area contributed by atoms with Crippen molar-refractivity contribution in [3.63, 3.8) is 0 Å². The summed E-state index contributed by atoms with van der Waals surface area (Å²) in [6.07, 6.45) is 2.55. The van der Waals surface area contributed by atoms with Crippen LogP contribution in [0.1, 0.15) is 39.5 Å². The number of nitrogens with one attached hydrogen (secondary N) is 1. The molecule has 2 fully saturated rings. The fourth-order valence-corrected chi connectivity index (χ4v) is 3.60. The number of carbonyl (C=O) groups excluding carboxylic acids is 2. The van der Waals surface area contributed by atoms with E-state index in [2.05, 4.69) is 10.5 Å². The van der Waals surface area contributed by atoms with E-state index >= 15 is 0 Å². The third-order valence-electron chi connectivity index (χ3n) is 5.08.